The van der Waals surface area contributed by atoms with Crippen molar-refractivity contribution < 1.29 is 14.2 Å². The molecule has 4 nitrogen and oxygen atoms in total. The van der Waals surface area contributed by atoms with Crippen molar-refractivity contribution in [3.8, 4) is 21.4 Å². The van der Waals surface area contributed by atoms with E-state index in [0.717, 1.165) is 36.1 Å². The lowest BCUT2D eigenvalue weighted by atomic mass is 10.1. The van der Waals surface area contributed by atoms with Crippen molar-refractivity contribution >= 4 is 43.7 Å². The average Bonchev–Trinajstić information content (AvgIpc) is 3.40. The van der Waals surface area contributed by atoms with Gasteiger partial charge in [-0.3, -0.25) is 0 Å². The topological polar surface area (TPSA) is 58.1 Å². The summed E-state index contributed by atoms with van der Waals surface area (Å²) in [5.41, 5.74) is 0.730. The predicted octanol–water partition coefficient (Wildman–Crippen LogP) is 6.97. The van der Waals surface area contributed by atoms with Crippen LogP contribution in [0.3, 0.4) is 0 Å². The highest BCUT2D eigenvalue weighted by molar-refractivity contribution is 7.26. The van der Waals surface area contributed by atoms with Crippen molar-refractivity contribution in [2.75, 3.05) is 0 Å². The molecular weight excluding hydrogens is 419 g/mol. The second kappa shape index (κ2) is 6.91. The normalized spacial score (nSPS) is 12.2. The number of hydrogen-bond acceptors (Lipinski definition) is 5. The number of thiazole rings is 1. The Bertz CT molecular complexity index is 1390. The van der Waals surface area contributed by atoms with Gasteiger partial charge >= 0.3 is 0 Å². The summed E-state index contributed by atoms with van der Waals surface area (Å²) in [5.74, 6) is 0.427. The maximum Gasteiger partial charge on any atom is 0.175 e. The fourth-order valence-corrected chi connectivity index (χ4v) is 5.46. The average molecular weight is 439 g/mol. The summed E-state index contributed by atoms with van der Waals surface area (Å²) in [4.78, 5) is 9.41. The summed E-state index contributed by atoms with van der Waals surface area (Å²) < 4.78 is 21.9. The molecule has 0 spiro atoms. The highest BCUT2D eigenvalue weighted by Crippen LogP contribution is 2.42. The second-order valence-corrected chi connectivity index (χ2v) is 9.85. The monoisotopic (exact) mass is 438 g/mol. The molecule has 7 heteroatoms. The molecule has 0 aliphatic heterocycles. The molecule has 5 rings (SSSR count). The smallest absolute Gasteiger partial charge is 0.175 e. The minimum atomic E-state index is -0.923. The molecule has 0 unspecified atom stereocenters. The van der Waals surface area contributed by atoms with Gasteiger partial charge in [-0.05, 0) is 56.5 Å². The first kappa shape index (κ1) is 19.2. The molecule has 0 saturated heterocycles. The van der Waals surface area contributed by atoms with Crippen molar-refractivity contribution in [3.05, 3.63) is 65.0 Å². The Morgan fingerprint density at radius 3 is 2.70 bits per heavy atom. The number of nitrogens with zero attached hydrogens (tertiary/aromatic N) is 1. The molecule has 0 aliphatic rings. The molecule has 0 saturated carbocycles. The van der Waals surface area contributed by atoms with E-state index in [-0.39, 0.29) is 11.6 Å². The number of aromatic nitrogens is 2. The van der Waals surface area contributed by atoms with Gasteiger partial charge in [0, 0.05) is 22.8 Å². The van der Waals surface area contributed by atoms with Crippen LogP contribution in [0.5, 0.6) is 11.5 Å². The first-order valence-corrected chi connectivity index (χ1v) is 11.1. The molecule has 30 heavy (non-hydrogen) atoms. The first-order chi connectivity index (χ1) is 14.3. The number of aryl methyl sites for hydroxylation is 1. The van der Waals surface area contributed by atoms with Crippen LogP contribution in [0.15, 0.2) is 48.7 Å². The molecule has 5 aromatic rings. The number of rotatable bonds is 4. The van der Waals surface area contributed by atoms with Crippen LogP contribution in [0.25, 0.3) is 30.9 Å². The van der Waals surface area contributed by atoms with Gasteiger partial charge in [-0.2, -0.15) is 0 Å². The molecule has 0 bridgehead atoms. The highest BCUT2D eigenvalue weighted by atomic mass is 32.1. The zero-order valence-corrected chi connectivity index (χ0v) is 18.2. The van der Waals surface area contributed by atoms with Crippen molar-refractivity contribution in [1.29, 1.82) is 0 Å². The molecule has 152 valence electrons. The van der Waals surface area contributed by atoms with E-state index in [1.54, 1.807) is 43.5 Å². The summed E-state index contributed by atoms with van der Waals surface area (Å²) in [6.45, 7) is 5.40. The molecule has 0 atom stereocenters. The zero-order valence-electron chi connectivity index (χ0n) is 16.6. The van der Waals surface area contributed by atoms with Gasteiger partial charge in [0.25, 0.3) is 0 Å². The van der Waals surface area contributed by atoms with Crippen molar-refractivity contribution in [3.63, 3.8) is 0 Å². The van der Waals surface area contributed by atoms with Crippen LogP contribution in [-0.4, -0.2) is 15.1 Å². The largest absolute Gasteiger partial charge is 0.453 e. The second-order valence-electron chi connectivity index (χ2n) is 7.77. The van der Waals surface area contributed by atoms with E-state index < -0.39 is 5.60 Å². The van der Waals surface area contributed by atoms with Gasteiger partial charge in [-0.15, -0.1) is 22.7 Å². The molecule has 2 aromatic carbocycles. The molecule has 0 fully saturated rings. The lowest BCUT2D eigenvalue weighted by Crippen LogP contribution is -2.12. The fraction of sp³-hybridized carbons (Fsp3) is 0.174. The van der Waals surface area contributed by atoms with Gasteiger partial charge in [0.15, 0.2) is 11.6 Å². The van der Waals surface area contributed by atoms with Crippen molar-refractivity contribution in [2.24, 2.45) is 0 Å². The van der Waals surface area contributed by atoms with Crippen LogP contribution in [0, 0.1) is 12.7 Å². The van der Waals surface area contributed by atoms with Crippen LogP contribution in [0.2, 0.25) is 0 Å². The number of fused-ring (bicyclic) bond motifs is 2. The Kier molecular flexibility index (Phi) is 4.43. The number of ether oxygens (including phenoxy) is 1. The van der Waals surface area contributed by atoms with E-state index in [1.807, 2.05) is 31.2 Å². The van der Waals surface area contributed by atoms with Crippen molar-refractivity contribution in [1.82, 2.24) is 9.97 Å². The van der Waals surface area contributed by atoms with E-state index >= 15 is 0 Å². The first-order valence-electron chi connectivity index (χ1n) is 9.47. The van der Waals surface area contributed by atoms with Crippen LogP contribution >= 0.6 is 22.7 Å². The lowest BCUT2D eigenvalue weighted by Gasteiger charge is -2.12. The Balaban J connectivity index is 1.55. The predicted molar refractivity (Wildman–Crippen MR) is 121 cm³/mol. The molecule has 3 heterocycles. The Morgan fingerprint density at radius 1 is 1.10 bits per heavy atom. The quantitative estimate of drug-likeness (QED) is 0.318. The van der Waals surface area contributed by atoms with Gasteiger partial charge in [-0.25, -0.2) is 9.37 Å². The zero-order chi connectivity index (χ0) is 21.0. The third-order valence-corrected chi connectivity index (χ3v) is 7.53. The molecule has 3 aromatic heterocycles. The van der Waals surface area contributed by atoms with Crippen LogP contribution in [-0.2, 0) is 5.60 Å². The van der Waals surface area contributed by atoms with Gasteiger partial charge in [0.1, 0.15) is 10.8 Å². The van der Waals surface area contributed by atoms with E-state index in [9.17, 15) is 9.50 Å². The van der Waals surface area contributed by atoms with Crippen molar-refractivity contribution in [2.45, 2.75) is 26.4 Å². The van der Waals surface area contributed by atoms with Gasteiger partial charge < -0.3 is 14.8 Å². The maximum absolute atomic E-state index is 15.0. The van der Waals surface area contributed by atoms with Crippen LogP contribution in [0.1, 0.15) is 24.4 Å². The van der Waals surface area contributed by atoms with Crippen LogP contribution in [0.4, 0.5) is 4.39 Å². The number of halogens is 1. The summed E-state index contributed by atoms with van der Waals surface area (Å²) in [5, 5.41) is 12.6. The number of aromatic amines is 1. The summed E-state index contributed by atoms with van der Waals surface area (Å²) >= 11 is 3.02. The Labute approximate surface area is 180 Å². The minimum Gasteiger partial charge on any atom is -0.453 e. The fourth-order valence-electron chi connectivity index (χ4n) is 3.38. The third kappa shape index (κ3) is 3.29. The number of aliphatic hydroxyl groups is 1. The molecule has 0 amide bonds. The Hall–Kier alpha value is -2.74. The summed E-state index contributed by atoms with van der Waals surface area (Å²) in [7, 11) is 0. The SMILES string of the molecule is Cc1cc2c(F)c(Oc3cccc4cc(-c5ncc(C(C)(C)O)s5)sc34)ccc2[nH]1. The standard InChI is InChI=1S/C23H19FN2O2S2/c1-12-9-14-15(26-12)7-8-16(20(14)24)28-17-6-4-5-13-10-18(29-21(13)17)22-25-11-19(30-22)23(2,3)27/h4-11,26-27H,1-3H3. The number of H-pyrrole nitrogens is 1. The maximum atomic E-state index is 15.0. The summed E-state index contributed by atoms with van der Waals surface area (Å²) in [6, 6.07) is 13.1. The molecule has 2 N–H and O–H groups in total. The lowest BCUT2D eigenvalue weighted by molar-refractivity contribution is 0.0823. The van der Waals surface area contributed by atoms with Crippen LogP contribution < -0.4 is 4.74 Å². The van der Waals surface area contributed by atoms with Gasteiger partial charge in [0.2, 0.25) is 0 Å². The number of hydrogen-bond donors (Lipinski definition) is 2. The highest BCUT2D eigenvalue weighted by Gasteiger charge is 2.21. The molecule has 0 aliphatic carbocycles. The number of nitrogens with one attached hydrogen (secondary N) is 1. The van der Waals surface area contributed by atoms with E-state index in [2.05, 4.69) is 16.0 Å². The van der Waals surface area contributed by atoms with E-state index in [4.69, 9.17) is 4.74 Å². The van der Waals surface area contributed by atoms with Gasteiger partial charge in [0.05, 0.1) is 20.1 Å². The minimum absolute atomic E-state index is 0.197. The van der Waals surface area contributed by atoms with E-state index in [0.29, 0.717) is 11.1 Å². The number of thiophene rings is 1. The Morgan fingerprint density at radius 2 is 1.93 bits per heavy atom. The molecule has 0 radical (unpaired) electrons. The summed E-state index contributed by atoms with van der Waals surface area (Å²) in [6.07, 6.45) is 1.71. The van der Waals surface area contributed by atoms with Gasteiger partial charge in [-0.1, -0.05) is 12.1 Å². The third-order valence-electron chi connectivity index (χ3n) is 4.88. The van der Waals surface area contributed by atoms with E-state index in [1.165, 1.54) is 11.3 Å². The number of benzene rings is 2. The molecular formula is C23H19FN2O2S2.